The van der Waals surface area contributed by atoms with Crippen LogP contribution in [-0.2, 0) is 54.4 Å². The smallest absolute Gasteiger partial charge is 0.324 e. The monoisotopic (exact) mass is 878 g/mol. The molecule has 3 aromatic heterocycles. The number of hydrazine groups is 1. The van der Waals surface area contributed by atoms with Crippen LogP contribution in [0.15, 0.2) is 29.8 Å². The van der Waals surface area contributed by atoms with Crippen LogP contribution >= 0.6 is 11.3 Å². The highest BCUT2D eigenvalue weighted by molar-refractivity contribution is 7.10. The molecule has 6 bridgehead atoms. The summed E-state index contributed by atoms with van der Waals surface area (Å²) >= 11 is 1.52. The van der Waals surface area contributed by atoms with Gasteiger partial charge in [-0.15, -0.1) is 11.3 Å². The van der Waals surface area contributed by atoms with Gasteiger partial charge in [0.2, 0.25) is 5.91 Å². The summed E-state index contributed by atoms with van der Waals surface area (Å²) in [7, 11) is 1.75. The first-order chi connectivity index (χ1) is 30.4. The van der Waals surface area contributed by atoms with Gasteiger partial charge in [0, 0.05) is 86.0 Å². The second kappa shape index (κ2) is 16.9. The Labute approximate surface area is 374 Å². The third-order valence-electron chi connectivity index (χ3n) is 14.8. The van der Waals surface area contributed by atoms with Crippen molar-refractivity contribution >= 4 is 45.7 Å². The van der Waals surface area contributed by atoms with E-state index in [1.54, 1.807) is 7.11 Å². The summed E-state index contributed by atoms with van der Waals surface area (Å²) in [6.07, 6.45) is 5.76. The van der Waals surface area contributed by atoms with Gasteiger partial charge < -0.3 is 29.0 Å². The molecule has 2 N–H and O–H groups in total. The average molecular weight is 879 g/mol. The summed E-state index contributed by atoms with van der Waals surface area (Å²) in [6.45, 7) is 17.5. The number of carbonyl (C=O) groups is 3. The first kappa shape index (κ1) is 42.5. The van der Waals surface area contributed by atoms with E-state index in [4.69, 9.17) is 24.2 Å². The van der Waals surface area contributed by atoms with Crippen molar-refractivity contribution in [2.45, 2.75) is 104 Å². The number of nitrogens with zero attached hydrogens (tertiary/aromatic N) is 6. The fraction of sp³-hybridized carbons (Fsp3) is 0.604. The quantitative estimate of drug-likeness (QED) is 0.226. The van der Waals surface area contributed by atoms with Gasteiger partial charge in [0.25, 0.3) is 5.91 Å². The van der Waals surface area contributed by atoms with Crippen LogP contribution in [0.25, 0.3) is 33.4 Å². The van der Waals surface area contributed by atoms with E-state index < -0.39 is 17.5 Å². The summed E-state index contributed by atoms with van der Waals surface area (Å²) in [4.78, 5) is 57.2. The van der Waals surface area contributed by atoms with Crippen LogP contribution in [0.5, 0.6) is 0 Å². The molecule has 6 atom stereocenters. The number of pyridine rings is 1. The number of piperazine rings is 1. The predicted octanol–water partition coefficient (Wildman–Crippen LogP) is 5.55. The van der Waals surface area contributed by atoms with Crippen LogP contribution in [0, 0.1) is 23.2 Å². The molecule has 63 heavy (non-hydrogen) atoms. The predicted molar refractivity (Wildman–Crippen MR) is 242 cm³/mol. The van der Waals surface area contributed by atoms with E-state index in [1.165, 1.54) is 38.4 Å². The number of rotatable bonds is 7. The highest BCUT2D eigenvalue weighted by atomic mass is 32.1. The van der Waals surface area contributed by atoms with Crippen molar-refractivity contribution < 1.29 is 28.6 Å². The molecule has 3 saturated heterocycles. The van der Waals surface area contributed by atoms with E-state index in [1.807, 2.05) is 6.20 Å². The first-order valence-corrected chi connectivity index (χ1v) is 24.0. The number of carbonyl (C=O) groups excluding carboxylic acids is 3. The summed E-state index contributed by atoms with van der Waals surface area (Å²) in [5.41, 5.74) is 12.5. The SMILES string of the molecule is CO[C@@H](C)c1ncc(N2CCN(C3COC3)CC2)cc1-c1c2c3cc(cc4c3n1CCC4)-c1csc(n1)C[C@H](NC(=O)C1[C@@H](C)[C@H]1C)C(=O)N1CCC[C@H](N1)C(=O)OCC(C)(C)C2. The Hall–Kier alpha value is -4.41. The van der Waals surface area contributed by atoms with Crippen molar-refractivity contribution in [2.75, 3.05) is 64.6 Å². The minimum atomic E-state index is -0.835. The third-order valence-corrected chi connectivity index (χ3v) is 15.7. The number of hydrogen-bond acceptors (Lipinski definition) is 12. The lowest BCUT2D eigenvalue weighted by Crippen LogP contribution is -2.60. The van der Waals surface area contributed by atoms with E-state index in [9.17, 15) is 14.4 Å². The number of benzene rings is 1. The number of nitrogens with one attached hydrogen (secondary N) is 2. The Kier molecular flexibility index (Phi) is 11.4. The molecule has 1 aromatic carbocycles. The molecule has 15 heteroatoms. The standard InChI is InChI=1S/C48H62N8O6S/c1-27-28(2)41(27)45(57)51-38-20-40-50-39(25-63-40)31-17-30-9-7-11-55-43(30)34(18-31)36(21-48(4,5)26-62-47(59)37-10-8-12-56(52-37)46(38)58)44(55)35-19-32(22-49-42(35)29(3)60-6)53-13-15-54(16-14-53)33-23-61-24-33/h17-19,22,25,27-29,33,37-38,41,52H,7-16,20-21,23-24,26H2,1-6H3,(H,51,57)/t27-,28+,29-,37-,38-,41?/m0/s1. The van der Waals surface area contributed by atoms with Crippen molar-refractivity contribution in [3.63, 3.8) is 0 Å². The number of thiazole rings is 1. The minimum absolute atomic E-state index is 0.106. The molecule has 1 aliphatic carbocycles. The summed E-state index contributed by atoms with van der Waals surface area (Å²) in [5.74, 6) is -0.342. The summed E-state index contributed by atoms with van der Waals surface area (Å²) in [6, 6.07) is 5.94. The molecule has 0 spiro atoms. The van der Waals surface area contributed by atoms with Crippen LogP contribution < -0.4 is 15.6 Å². The minimum Gasteiger partial charge on any atom is -0.464 e. The molecule has 0 radical (unpaired) electrons. The van der Waals surface area contributed by atoms with Crippen molar-refractivity contribution in [1.29, 1.82) is 0 Å². The number of amides is 2. The molecule has 6 aliphatic rings. The topological polar surface area (TPSA) is 143 Å². The number of ether oxygens (including phenoxy) is 3. The number of hydrogen-bond donors (Lipinski definition) is 2. The van der Waals surface area contributed by atoms with E-state index in [0.717, 1.165) is 97.7 Å². The Morgan fingerprint density at radius 1 is 1.05 bits per heavy atom. The largest absolute Gasteiger partial charge is 0.464 e. The van der Waals surface area contributed by atoms with Gasteiger partial charge in [-0.3, -0.25) is 29.3 Å². The number of aromatic nitrogens is 3. The molecule has 4 fully saturated rings. The second-order valence-electron chi connectivity index (χ2n) is 19.7. The van der Waals surface area contributed by atoms with E-state index >= 15 is 0 Å². The summed E-state index contributed by atoms with van der Waals surface area (Å²) < 4.78 is 20.3. The Balaban J connectivity index is 1.09. The lowest BCUT2D eigenvalue weighted by atomic mass is 9.84. The van der Waals surface area contributed by atoms with Crippen molar-refractivity contribution in [2.24, 2.45) is 23.2 Å². The maximum absolute atomic E-state index is 14.3. The van der Waals surface area contributed by atoms with Crippen LogP contribution in [0.4, 0.5) is 5.69 Å². The van der Waals surface area contributed by atoms with Crippen LogP contribution in [0.3, 0.4) is 0 Å². The lowest BCUT2D eigenvalue weighted by molar-refractivity contribution is -0.155. The highest BCUT2D eigenvalue weighted by Crippen LogP contribution is 2.47. The van der Waals surface area contributed by atoms with Crippen molar-refractivity contribution in [3.05, 3.63) is 51.6 Å². The zero-order valence-corrected chi connectivity index (χ0v) is 38.4. The van der Waals surface area contributed by atoms with E-state index in [0.29, 0.717) is 31.8 Å². The van der Waals surface area contributed by atoms with Gasteiger partial charge in [0.1, 0.15) is 12.1 Å². The number of cyclic esters (lactones) is 1. The van der Waals surface area contributed by atoms with E-state index in [-0.39, 0.29) is 54.7 Å². The molecule has 1 saturated carbocycles. The molecular formula is C48H62N8O6S. The molecule has 10 rings (SSSR count). The molecule has 336 valence electrons. The molecular weight excluding hydrogens is 817 g/mol. The normalized spacial score (nSPS) is 27.1. The fourth-order valence-electron chi connectivity index (χ4n) is 10.7. The highest BCUT2D eigenvalue weighted by Gasteiger charge is 2.49. The van der Waals surface area contributed by atoms with Crippen LogP contribution in [0.2, 0.25) is 0 Å². The van der Waals surface area contributed by atoms with Crippen LogP contribution in [0.1, 0.15) is 81.8 Å². The lowest BCUT2D eigenvalue weighted by Gasteiger charge is -2.43. The Bertz CT molecular complexity index is 2410. The Morgan fingerprint density at radius 3 is 2.57 bits per heavy atom. The average Bonchev–Trinajstić information content (AvgIpc) is 3.52. The number of aryl methyl sites for hydroxylation is 2. The molecule has 14 nitrogen and oxygen atoms in total. The number of fused-ring (bicyclic) bond motifs is 6. The van der Waals surface area contributed by atoms with E-state index in [2.05, 4.69) is 83.3 Å². The zero-order valence-electron chi connectivity index (χ0n) is 37.6. The molecule has 5 aliphatic heterocycles. The van der Waals surface area contributed by atoms with Gasteiger partial charge in [-0.2, -0.15) is 0 Å². The number of methoxy groups -OCH3 is 1. The van der Waals surface area contributed by atoms with Crippen molar-refractivity contribution in [3.8, 4) is 22.5 Å². The van der Waals surface area contributed by atoms with Gasteiger partial charge in [-0.05, 0) is 80.2 Å². The first-order valence-electron chi connectivity index (χ1n) is 23.1. The Morgan fingerprint density at radius 2 is 1.84 bits per heavy atom. The fourth-order valence-corrected chi connectivity index (χ4v) is 11.5. The van der Waals surface area contributed by atoms with Crippen LogP contribution in [-0.4, -0.2) is 120 Å². The van der Waals surface area contributed by atoms with Gasteiger partial charge in [-0.25, -0.2) is 10.4 Å². The number of esters is 1. The number of anilines is 1. The summed E-state index contributed by atoms with van der Waals surface area (Å²) in [5, 5.41) is 8.65. The van der Waals surface area contributed by atoms with Gasteiger partial charge in [-0.1, -0.05) is 27.7 Å². The third kappa shape index (κ3) is 8.06. The van der Waals surface area contributed by atoms with Gasteiger partial charge in [0.15, 0.2) is 0 Å². The molecule has 4 aromatic rings. The van der Waals surface area contributed by atoms with Gasteiger partial charge in [0.05, 0.1) is 71.5 Å². The molecule has 8 heterocycles. The molecule has 2 amide bonds. The zero-order chi connectivity index (χ0) is 43.7. The maximum atomic E-state index is 14.3. The second-order valence-corrected chi connectivity index (χ2v) is 20.7. The maximum Gasteiger partial charge on any atom is 0.324 e. The van der Waals surface area contributed by atoms with Crippen molar-refractivity contribution in [1.82, 2.24) is 35.2 Å². The molecule has 1 unspecified atom stereocenters. The van der Waals surface area contributed by atoms with Gasteiger partial charge >= 0.3 is 5.97 Å².